The van der Waals surface area contributed by atoms with Crippen LogP contribution in [0.4, 0.5) is 11.8 Å². The van der Waals surface area contributed by atoms with Crippen LogP contribution in [0.3, 0.4) is 0 Å². The van der Waals surface area contributed by atoms with Gasteiger partial charge in [-0.1, -0.05) is 23.7 Å². The highest BCUT2D eigenvalue weighted by Crippen LogP contribution is 2.34. The first kappa shape index (κ1) is 19.9. The third-order valence-corrected chi connectivity index (χ3v) is 5.54. The van der Waals surface area contributed by atoms with Crippen molar-refractivity contribution in [3.8, 4) is 0 Å². The first-order valence-corrected chi connectivity index (χ1v) is 11.1. The minimum atomic E-state index is -3.15. The fraction of sp³-hybridized carbons (Fsp3) is 0.444. The van der Waals surface area contributed by atoms with E-state index >= 15 is 0 Å². The summed E-state index contributed by atoms with van der Waals surface area (Å²) < 4.78 is 29.2. The molecule has 7 nitrogen and oxygen atoms in total. The van der Waals surface area contributed by atoms with E-state index in [1.807, 2.05) is 19.1 Å². The Morgan fingerprint density at radius 2 is 2.11 bits per heavy atom. The molecule has 1 aliphatic rings. The lowest BCUT2D eigenvalue weighted by Crippen LogP contribution is -2.32. The Balaban J connectivity index is 2.04. The van der Waals surface area contributed by atoms with Gasteiger partial charge in [0, 0.05) is 36.2 Å². The van der Waals surface area contributed by atoms with Crippen LogP contribution >= 0.6 is 11.6 Å². The molecule has 0 radical (unpaired) electrons. The zero-order valence-electron chi connectivity index (χ0n) is 15.4. The van der Waals surface area contributed by atoms with Crippen molar-refractivity contribution < 1.29 is 13.2 Å². The number of sulfone groups is 1. The average molecular weight is 411 g/mol. The molecular formula is C18H23ClN4O3S. The summed E-state index contributed by atoms with van der Waals surface area (Å²) in [5.41, 5.74) is 8.12. The number of nitrogens with zero attached hydrogens (tertiary/aromatic N) is 3. The lowest BCUT2D eigenvalue weighted by Gasteiger charge is -2.31. The van der Waals surface area contributed by atoms with E-state index in [0.29, 0.717) is 36.2 Å². The summed E-state index contributed by atoms with van der Waals surface area (Å²) in [4.78, 5) is 10.6. The number of hydrogen-bond donors (Lipinski definition) is 1. The summed E-state index contributed by atoms with van der Waals surface area (Å²) >= 11 is 6.48. The van der Waals surface area contributed by atoms with Gasteiger partial charge in [0.25, 0.3) is 0 Å². The van der Waals surface area contributed by atoms with Crippen LogP contribution in [-0.2, 0) is 20.3 Å². The molecule has 2 heterocycles. The van der Waals surface area contributed by atoms with Crippen molar-refractivity contribution in [2.24, 2.45) is 0 Å². The van der Waals surface area contributed by atoms with E-state index in [9.17, 15) is 8.42 Å². The molecule has 2 N–H and O–H groups in total. The maximum absolute atomic E-state index is 11.7. The molecule has 0 aliphatic carbocycles. The topological polar surface area (TPSA) is 98.4 Å². The molecule has 3 rings (SSSR count). The van der Waals surface area contributed by atoms with Gasteiger partial charge >= 0.3 is 0 Å². The van der Waals surface area contributed by atoms with Gasteiger partial charge in [0.1, 0.15) is 5.82 Å². The van der Waals surface area contributed by atoms with Gasteiger partial charge in [0.05, 0.1) is 18.4 Å². The van der Waals surface area contributed by atoms with Gasteiger partial charge in [0.15, 0.2) is 9.84 Å². The van der Waals surface area contributed by atoms with Gasteiger partial charge in [-0.2, -0.15) is 4.98 Å². The SMILES string of the molecule is Cc1cc(N2CCCOC[C@@H]2c2cc(CS(C)(=O)=O)ccc2Cl)nc(N)n1. The van der Waals surface area contributed by atoms with Crippen molar-refractivity contribution in [1.82, 2.24) is 9.97 Å². The number of nitrogen functional groups attached to an aromatic ring is 1. The molecule has 9 heteroatoms. The number of anilines is 2. The molecule has 1 aromatic carbocycles. The van der Waals surface area contributed by atoms with Crippen LogP contribution in [0.2, 0.25) is 5.02 Å². The van der Waals surface area contributed by atoms with Gasteiger partial charge in [-0.15, -0.1) is 0 Å². The highest BCUT2D eigenvalue weighted by Gasteiger charge is 2.27. The third-order valence-electron chi connectivity index (χ3n) is 4.34. The lowest BCUT2D eigenvalue weighted by atomic mass is 10.0. The quantitative estimate of drug-likeness (QED) is 0.826. The number of hydrogen-bond acceptors (Lipinski definition) is 7. The summed E-state index contributed by atoms with van der Waals surface area (Å²) in [5, 5.41) is 0.562. The second-order valence-electron chi connectivity index (χ2n) is 6.79. The first-order chi connectivity index (χ1) is 12.7. The minimum Gasteiger partial charge on any atom is -0.379 e. The minimum absolute atomic E-state index is 0.0374. The van der Waals surface area contributed by atoms with Crippen LogP contribution in [0.5, 0.6) is 0 Å². The van der Waals surface area contributed by atoms with E-state index in [-0.39, 0.29) is 17.7 Å². The monoisotopic (exact) mass is 410 g/mol. The molecule has 146 valence electrons. The van der Waals surface area contributed by atoms with E-state index in [1.165, 1.54) is 6.26 Å². The molecule has 0 bridgehead atoms. The molecule has 1 fully saturated rings. The predicted octanol–water partition coefficient (Wildman–Crippen LogP) is 2.53. The third kappa shape index (κ3) is 5.09. The number of ether oxygens (including phenoxy) is 1. The summed E-state index contributed by atoms with van der Waals surface area (Å²) in [6.07, 6.45) is 2.05. The van der Waals surface area contributed by atoms with Crippen LogP contribution in [-0.4, -0.2) is 44.4 Å². The Hall–Kier alpha value is -1.90. The number of rotatable bonds is 4. The molecule has 27 heavy (non-hydrogen) atoms. The van der Waals surface area contributed by atoms with Crippen molar-refractivity contribution in [1.29, 1.82) is 0 Å². The molecule has 0 unspecified atom stereocenters. The molecular weight excluding hydrogens is 388 g/mol. The van der Waals surface area contributed by atoms with Crippen molar-refractivity contribution in [3.05, 3.63) is 46.1 Å². The van der Waals surface area contributed by atoms with Crippen LogP contribution < -0.4 is 10.6 Å². The second kappa shape index (κ2) is 8.00. The maximum Gasteiger partial charge on any atom is 0.222 e. The van der Waals surface area contributed by atoms with Gasteiger partial charge in [0.2, 0.25) is 5.95 Å². The number of nitrogens with two attached hydrogens (primary N) is 1. The Morgan fingerprint density at radius 1 is 1.33 bits per heavy atom. The molecule has 1 saturated heterocycles. The van der Waals surface area contributed by atoms with Crippen LogP contribution in [0.1, 0.15) is 29.3 Å². The van der Waals surface area contributed by atoms with Crippen LogP contribution in [0.25, 0.3) is 0 Å². The number of halogens is 1. The van der Waals surface area contributed by atoms with Crippen LogP contribution in [0, 0.1) is 6.92 Å². The van der Waals surface area contributed by atoms with E-state index in [4.69, 9.17) is 22.1 Å². The second-order valence-corrected chi connectivity index (χ2v) is 9.34. The highest BCUT2D eigenvalue weighted by molar-refractivity contribution is 7.89. The number of aromatic nitrogens is 2. The van der Waals surface area contributed by atoms with E-state index in [1.54, 1.807) is 12.1 Å². The summed E-state index contributed by atoms with van der Waals surface area (Å²) in [5.74, 6) is 0.885. The highest BCUT2D eigenvalue weighted by atomic mass is 35.5. The number of benzene rings is 1. The van der Waals surface area contributed by atoms with Gasteiger partial charge in [-0.3, -0.25) is 0 Å². The van der Waals surface area contributed by atoms with E-state index < -0.39 is 9.84 Å². The van der Waals surface area contributed by atoms with Crippen molar-refractivity contribution in [3.63, 3.8) is 0 Å². The smallest absolute Gasteiger partial charge is 0.222 e. The Kier molecular flexibility index (Phi) is 5.88. The predicted molar refractivity (Wildman–Crippen MR) is 107 cm³/mol. The van der Waals surface area contributed by atoms with Gasteiger partial charge in [-0.05, 0) is 30.5 Å². The molecule has 1 atom stereocenters. The Labute approximate surface area is 164 Å². The normalized spacial score (nSPS) is 18.3. The fourth-order valence-corrected chi connectivity index (χ4v) is 4.30. The molecule has 0 spiro atoms. The Morgan fingerprint density at radius 3 is 2.81 bits per heavy atom. The standard InChI is InChI=1S/C18H23ClN4O3S/c1-12-8-17(22-18(20)21-12)23-6-3-7-26-10-16(23)14-9-13(4-5-15(14)19)11-27(2,24)25/h4-5,8-9,16H,3,6-7,10-11H2,1-2H3,(H2,20,21,22)/t16-/m1/s1. The molecule has 2 aromatic rings. The van der Waals surface area contributed by atoms with E-state index in [2.05, 4.69) is 14.9 Å². The molecule has 1 aromatic heterocycles. The zero-order chi connectivity index (χ0) is 19.6. The summed E-state index contributed by atoms with van der Waals surface area (Å²) in [7, 11) is -3.15. The zero-order valence-corrected chi connectivity index (χ0v) is 16.9. The molecule has 1 aliphatic heterocycles. The maximum atomic E-state index is 11.7. The van der Waals surface area contributed by atoms with Crippen LogP contribution in [0.15, 0.2) is 24.3 Å². The average Bonchev–Trinajstić information content (AvgIpc) is 2.80. The fourth-order valence-electron chi connectivity index (χ4n) is 3.27. The van der Waals surface area contributed by atoms with Crippen molar-refractivity contribution in [2.45, 2.75) is 25.1 Å². The summed E-state index contributed by atoms with van der Waals surface area (Å²) in [6, 6.07) is 6.99. The Bertz CT molecular complexity index is 916. The molecule has 0 amide bonds. The van der Waals surface area contributed by atoms with Gasteiger partial charge in [-0.25, -0.2) is 13.4 Å². The lowest BCUT2D eigenvalue weighted by molar-refractivity contribution is 0.134. The van der Waals surface area contributed by atoms with E-state index in [0.717, 1.165) is 17.7 Å². The molecule has 0 saturated carbocycles. The van der Waals surface area contributed by atoms with Crippen molar-refractivity contribution >= 4 is 33.2 Å². The first-order valence-electron chi connectivity index (χ1n) is 8.64. The van der Waals surface area contributed by atoms with Crippen molar-refractivity contribution in [2.75, 3.05) is 36.6 Å². The summed E-state index contributed by atoms with van der Waals surface area (Å²) in [6.45, 7) is 3.63. The number of aryl methyl sites for hydroxylation is 1. The largest absolute Gasteiger partial charge is 0.379 e. The van der Waals surface area contributed by atoms with Gasteiger partial charge < -0.3 is 15.4 Å².